The van der Waals surface area contributed by atoms with Crippen LogP contribution in [0.3, 0.4) is 0 Å². The predicted octanol–water partition coefficient (Wildman–Crippen LogP) is 1.68. The summed E-state index contributed by atoms with van der Waals surface area (Å²) in [6.07, 6.45) is 9.33. The molecule has 4 heteroatoms. The summed E-state index contributed by atoms with van der Waals surface area (Å²) >= 11 is 0. The number of rotatable bonds is 9. The quantitative estimate of drug-likeness (QED) is 0.695. The van der Waals surface area contributed by atoms with E-state index in [-0.39, 0.29) is 0 Å². The number of hydrogen-bond acceptors (Lipinski definition) is 3. The first-order chi connectivity index (χ1) is 7.86. The second-order valence-corrected chi connectivity index (χ2v) is 4.05. The Hall–Kier alpha value is -0.870. The van der Waals surface area contributed by atoms with Gasteiger partial charge in [0.05, 0.1) is 12.9 Å². The number of aromatic nitrogens is 2. The lowest BCUT2D eigenvalue weighted by Crippen LogP contribution is -2.35. The summed E-state index contributed by atoms with van der Waals surface area (Å²) in [5.41, 5.74) is 0. The normalized spacial score (nSPS) is 12.9. The predicted molar refractivity (Wildman–Crippen MR) is 65.4 cm³/mol. The van der Waals surface area contributed by atoms with Gasteiger partial charge in [0.2, 0.25) is 0 Å². The summed E-state index contributed by atoms with van der Waals surface area (Å²) in [4.78, 5) is 4.02. The van der Waals surface area contributed by atoms with E-state index in [1.165, 1.54) is 19.3 Å². The first-order valence-corrected chi connectivity index (χ1v) is 6.05. The van der Waals surface area contributed by atoms with Crippen molar-refractivity contribution in [1.82, 2.24) is 14.9 Å². The largest absolute Gasteiger partial charge is 0.383 e. The molecule has 1 rings (SSSR count). The molecule has 1 N–H and O–H groups in total. The number of nitrogens with one attached hydrogen (secondary N) is 1. The summed E-state index contributed by atoms with van der Waals surface area (Å²) < 4.78 is 7.29. The second-order valence-electron chi connectivity index (χ2n) is 4.05. The van der Waals surface area contributed by atoms with Crippen LogP contribution in [-0.2, 0) is 11.3 Å². The molecule has 0 spiro atoms. The van der Waals surface area contributed by atoms with E-state index in [1.807, 2.05) is 18.7 Å². The van der Waals surface area contributed by atoms with Gasteiger partial charge in [0.1, 0.15) is 0 Å². The molecular weight excluding hydrogens is 202 g/mol. The zero-order valence-electron chi connectivity index (χ0n) is 10.4. The van der Waals surface area contributed by atoms with Gasteiger partial charge in [0.25, 0.3) is 0 Å². The van der Waals surface area contributed by atoms with Crippen molar-refractivity contribution >= 4 is 0 Å². The van der Waals surface area contributed by atoms with Crippen LogP contribution in [0.5, 0.6) is 0 Å². The molecule has 1 atom stereocenters. The average molecular weight is 225 g/mol. The number of imidazole rings is 1. The van der Waals surface area contributed by atoms with E-state index in [9.17, 15) is 0 Å². The molecular formula is C12H23N3O. The molecule has 92 valence electrons. The number of hydrogen-bond donors (Lipinski definition) is 1. The highest BCUT2D eigenvalue weighted by atomic mass is 16.5. The smallest absolute Gasteiger partial charge is 0.0946 e. The van der Waals surface area contributed by atoms with Crippen LogP contribution in [0, 0.1) is 0 Å². The summed E-state index contributed by atoms with van der Waals surface area (Å²) in [5.74, 6) is 0. The molecule has 0 bridgehead atoms. The Balaban J connectivity index is 2.15. The lowest BCUT2D eigenvalue weighted by molar-refractivity contribution is 0.161. The molecule has 0 radical (unpaired) electrons. The molecule has 16 heavy (non-hydrogen) atoms. The van der Waals surface area contributed by atoms with Crippen LogP contribution in [0.25, 0.3) is 0 Å². The number of nitrogens with zero attached hydrogens (tertiary/aromatic N) is 2. The van der Waals surface area contributed by atoms with Crippen molar-refractivity contribution in [2.75, 3.05) is 20.3 Å². The SMILES string of the molecule is CCCCC(COC)NCCn1ccnc1. The molecule has 0 aliphatic heterocycles. The molecule has 0 aliphatic rings. The molecule has 0 aliphatic carbocycles. The van der Waals surface area contributed by atoms with E-state index < -0.39 is 0 Å². The third-order valence-corrected chi connectivity index (χ3v) is 2.64. The Bertz CT molecular complexity index is 249. The standard InChI is InChI=1S/C12H23N3O/c1-3-4-5-12(10-16-2)14-7-9-15-8-6-13-11-15/h6,8,11-12,14H,3-5,7,9-10H2,1-2H3. The fraction of sp³-hybridized carbons (Fsp3) is 0.750. The molecule has 1 aromatic heterocycles. The zero-order valence-corrected chi connectivity index (χ0v) is 10.4. The Morgan fingerprint density at radius 3 is 3.00 bits per heavy atom. The van der Waals surface area contributed by atoms with E-state index in [1.54, 1.807) is 7.11 Å². The van der Waals surface area contributed by atoms with Gasteiger partial charge < -0.3 is 14.6 Å². The number of unbranched alkanes of at least 4 members (excludes halogenated alkanes) is 1. The number of methoxy groups -OCH3 is 1. The summed E-state index contributed by atoms with van der Waals surface area (Å²) in [7, 11) is 1.76. The number of ether oxygens (including phenoxy) is 1. The third-order valence-electron chi connectivity index (χ3n) is 2.64. The van der Waals surface area contributed by atoms with E-state index in [4.69, 9.17) is 4.74 Å². The van der Waals surface area contributed by atoms with Crippen LogP contribution in [0.1, 0.15) is 26.2 Å². The van der Waals surface area contributed by atoms with Crippen LogP contribution in [-0.4, -0.2) is 35.9 Å². The molecule has 0 fully saturated rings. The van der Waals surface area contributed by atoms with E-state index in [0.717, 1.165) is 19.7 Å². The van der Waals surface area contributed by atoms with Gasteiger partial charge in [-0.25, -0.2) is 4.98 Å². The maximum atomic E-state index is 5.21. The Kier molecular flexibility index (Phi) is 6.85. The van der Waals surface area contributed by atoms with Gasteiger partial charge in [-0.15, -0.1) is 0 Å². The van der Waals surface area contributed by atoms with Crippen LogP contribution >= 0.6 is 0 Å². The molecule has 0 saturated carbocycles. The molecule has 0 amide bonds. The Morgan fingerprint density at radius 2 is 2.38 bits per heavy atom. The van der Waals surface area contributed by atoms with Crippen molar-refractivity contribution in [3.05, 3.63) is 18.7 Å². The van der Waals surface area contributed by atoms with Crippen LogP contribution in [0.2, 0.25) is 0 Å². The van der Waals surface area contributed by atoms with E-state index in [0.29, 0.717) is 6.04 Å². The van der Waals surface area contributed by atoms with Crippen LogP contribution in [0.4, 0.5) is 0 Å². The molecule has 0 aromatic carbocycles. The van der Waals surface area contributed by atoms with Gasteiger partial charge in [0, 0.05) is 38.6 Å². The maximum absolute atomic E-state index is 5.21. The monoisotopic (exact) mass is 225 g/mol. The zero-order chi connectivity index (χ0) is 11.6. The van der Waals surface area contributed by atoms with Gasteiger partial charge in [0.15, 0.2) is 0 Å². The minimum absolute atomic E-state index is 0.480. The molecule has 0 saturated heterocycles. The van der Waals surface area contributed by atoms with Crippen molar-refractivity contribution in [3.63, 3.8) is 0 Å². The van der Waals surface area contributed by atoms with Gasteiger partial charge in [-0.1, -0.05) is 19.8 Å². The Morgan fingerprint density at radius 1 is 1.50 bits per heavy atom. The molecule has 1 aromatic rings. The fourth-order valence-electron chi connectivity index (χ4n) is 1.71. The van der Waals surface area contributed by atoms with E-state index in [2.05, 4.69) is 21.8 Å². The van der Waals surface area contributed by atoms with Gasteiger partial charge in [-0.3, -0.25) is 0 Å². The van der Waals surface area contributed by atoms with Crippen molar-refractivity contribution in [2.45, 2.75) is 38.8 Å². The van der Waals surface area contributed by atoms with Crippen molar-refractivity contribution < 1.29 is 4.74 Å². The highest BCUT2D eigenvalue weighted by Crippen LogP contribution is 2.00. The highest BCUT2D eigenvalue weighted by Gasteiger charge is 2.06. The summed E-state index contributed by atoms with van der Waals surface area (Å²) in [6, 6.07) is 0.480. The maximum Gasteiger partial charge on any atom is 0.0946 e. The van der Waals surface area contributed by atoms with Gasteiger partial charge >= 0.3 is 0 Å². The Labute approximate surface area is 98.0 Å². The minimum atomic E-state index is 0.480. The lowest BCUT2D eigenvalue weighted by atomic mass is 10.1. The second kappa shape index (κ2) is 8.30. The topological polar surface area (TPSA) is 39.1 Å². The first kappa shape index (κ1) is 13.2. The van der Waals surface area contributed by atoms with Gasteiger partial charge in [-0.05, 0) is 6.42 Å². The highest BCUT2D eigenvalue weighted by molar-refractivity contribution is 4.75. The van der Waals surface area contributed by atoms with Gasteiger partial charge in [-0.2, -0.15) is 0 Å². The van der Waals surface area contributed by atoms with Crippen molar-refractivity contribution in [2.24, 2.45) is 0 Å². The molecule has 4 nitrogen and oxygen atoms in total. The fourth-order valence-corrected chi connectivity index (χ4v) is 1.71. The van der Waals surface area contributed by atoms with Crippen molar-refractivity contribution in [1.29, 1.82) is 0 Å². The van der Waals surface area contributed by atoms with Crippen molar-refractivity contribution in [3.8, 4) is 0 Å². The van der Waals surface area contributed by atoms with Crippen LogP contribution in [0.15, 0.2) is 18.7 Å². The first-order valence-electron chi connectivity index (χ1n) is 6.05. The van der Waals surface area contributed by atoms with Crippen LogP contribution < -0.4 is 5.32 Å². The molecule has 1 heterocycles. The minimum Gasteiger partial charge on any atom is -0.383 e. The summed E-state index contributed by atoms with van der Waals surface area (Å²) in [5, 5.41) is 3.52. The average Bonchev–Trinajstić information content (AvgIpc) is 2.79. The van der Waals surface area contributed by atoms with E-state index >= 15 is 0 Å². The third kappa shape index (κ3) is 5.28. The lowest BCUT2D eigenvalue weighted by Gasteiger charge is -2.17. The molecule has 1 unspecified atom stereocenters. The summed E-state index contributed by atoms with van der Waals surface area (Å²) in [6.45, 7) is 4.94.